The summed E-state index contributed by atoms with van der Waals surface area (Å²) in [5.41, 5.74) is 0.548. The van der Waals surface area contributed by atoms with Crippen LogP contribution in [0.4, 0.5) is 13.2 Å². The van der Waals surface area contributed by atoms with Crippen molar-refractivity contribution in [1.29, 1.82) is 0 Å². The lowest BCUT2D eigenvalue weighted by Crippen LogP contribution is -2.14. The Morgan fingerprint density at radius 2 is 1.93 bits per heavy atom. The van der Waals surface area contributed by atoms with E-state index in [1.54, 1.807) is 5.48 Å². The largest absolute Gasteiger partial charge is 0.508 e. The quantitative estimate of drug-likeness (QED) is 0.649. The molecule has 1 aromatic rings. The zero-order chi connectivity index (χ0) is 10.8. The second-order valence-corrected chi connectivity index (χ2v) is 2.67. The van der Waals surface area contributed by atoms with Gasteiger partial charge in [-0.15, -0.1) is 0 Å². The van der Waals surface area contributed by atoms with Gasteiger partial charge in [0.2, 0.25) is 0 Å². The van der Waals surface area contributed by atoms with Crippen molar-refractivity contribution in [3.8, 4) is 5.75 Å². The molecule has 0 radical (unpaired) electrons. The van der Waals surface area contributed by atoms with Crippen molar-refractivity contribution in [3.05, 3.63) is 29.3 Å². The predicted molar refractivity (Wildman–Crippen MR) is 41.7 cm³/mol. The van der Waals surface area contributed by atoms with Gasteiger partial charge < -0.3 is 10.3 Å². The average molecular weight is 207 g/mol. The van der Waals surface area contributed by atoms with Crippen LogP contribution < -0.4 is 5.48 Å². The summed E-state index contributed by atoms with van der Waals surface area (Å²) in [7, 11) is 0. The molecule has 0 bridgehead atoms. The monoisotopic (exact) mass is 207 g/mol. The minimum absolute atomic E-state index is 0.127. The lowest BCUT2D eigenvalue weighted by atomic mass is 10.1. The van der Waals surface area contributed by atoms with Gasteiger partial charge in [0.25, 0.3) is 0 Å². The Bertz CT molecular complexity index is 325. The summed E-state index contributed by atoms with van der Waals surface area (Å²) in [5, 5.41) is 17.2. The van der Waals surface area contributed by atoms with E-state index >= 15 is 0 Å². The maximum atomic E-state index is 12.3. The maximum absolute atomic E-state index is 12.3. The minimum Gasteiger partial charge on any atom is -0.508 e. The van der Waals surface area contributed by atoms with Crippen LogP contribution in [0.15, 0.2) is 18.2 Å². The molecule has 78 valence electrons. The fourth-order valence-corrected chi connectivity index (χ4v) is 1.07. The van der Waals surface area contributed by atoms with Crippen molar-refractivity contribution >= 4 is 0 Å². The van der Waals surface area contributed by atoms with E-state index in [0.29, 0.717) is 6.07 Å². The first-order valence-electron chi connectivity index (χ1n) is 3.71. The third kappa shape index (κ3) is 2.36. The van der Waals surface area contributed by atoms with Crippen LogP contribution in [0, 0.1) is 0 Å². The first kappa shape index (κ1) is 10.8. The van der Waals surface area contributed by atoms with Gasteiger partial charge in [-0.3, -0.25) is 0 Å². The number of hydrogen-bond donors (Lipinski definition) is 3. The van der Waals surface area contributed by atoms with Crippen LogP contribution in [0.1, 0.15) is 11.1 Å². The molecule has 0 heterocycles. The molecule has 0 saturated carbocycles. The van der Waals surface area contributed by atoms with Gasteiger partial charge in [-0.2, -0.15) is 13.2 Å². The molecule has 0 unspecified atom stereocenters. The molecule has 0 spiro atoms. The third-order valence-corrected chi connectivity index (χ3v) is 1.67. The molecule has 14 heavy (non-hydrogen) atoms. The summed E-state index contributed by atoms with van der Waals surface area (Å²) in [6.45, 7) is -0.324. The van der Waals surface area contributed by atoms with Crippen molar-refractivity contribution < 1.29 is 23.5 Å². The fourth-order valence-electron chi connectivity index (χ4n) is 1.07. The summed E-state index contributed by atoms with van der Waals surface area (Å²) in [6.07, 6.45) is -4.54. The van der Waals surface area contributed by atoms with Gasteiger partial charge in [-0.1, -0.05) is 6.07 Å². The second-order valence-electron chi connectivity index (χ2n) is 2.67. The normalized spacial score (nSPS) is 11.7. The number of aromatic hydroxyl groups is 1. The highest BCUT2D eigenvalue weighted by Crippen LogP contribution is 2.33. The van der Waals surface area contributed by atoms with E-state index in [9.17, 15) is 13.2 Å². The maximum Gasteiger partial charge on any atom is 0.416 e. The van der Waals surface area contributed by atoms with Crippen molar-refractivity contribution in [2.75, 3.05) is 0 Å². The number of halogens is 3. The van der Waals surface area contributed by atoms with Gasteiger partial charge in [0, 0.05) is 6.54 Å². The van der Waals surface area contributed by atoms with Crippen LogP contribution in [0.3, 0.4) is 0 Å². The van der Waals surface area contributed by atoms with E-state index in [1.165, 1.54) is 0 Å². The fraction of sp³-hybridized carbons (Fsp3) is 0.250. The van der Waals surface area contributed by atoms with Crippen LogP contribution in [-0.2, 0) is 12.7 Å². The van der Waals surface area contributed by atoms with Crippen molar-refractivity contribution in [2.45, 2.75) is 12.7 Å². The zero-order valence-electron chi connectivity index (χ0n) is 6.97. The summed E-state index contributed by atoms with van der Waals surface area (Å²) in [4.78, 5) is 0. The minimum atomic E-state index is -4.54. The number of benzene rings is 1. The molecule has 3 nitrogen and oxygen atoms in total. The number of nitrogens with one attached hydrogen (secondary N) is 1. The number of hydroxylamine groups is 1. The highest BCUT2D eigenvalue weighted by Gasteiger charge is 2.33. The topological polar surface area (TPSA) is 52.5 Å². The van der Waals surface area contributed by atoms with Crippen LogP contribution in [-0.4, -0.2) is 10.3 Å². The van der Waals surface area contributed by atoms with E-state index in [1.807, 2.05) is 0 Å². The summed E-state index contributed by atoms with van der Waals surface area (Å²) < 4.78 is 37.0. The molecule has 0 fully saturated rings. The van der Waals surface area contributed by atoms with Gasteiger partial charge >= 0.3 is 6.18 Å². The summed E-state index contributed by atoms with van der Waals surface area (Å²) >= 11 is 0. The van der Waals surface area contributed by atoms with E-state index in [0.717, 1.165) is 12.1 Å². The molecular weight excluding hydrogens is 199 g/mol. The highest BCUT2D eigenvalue weighted by molar-refractivity contribution is 5.36. The lowest BCUT2D eigenvalue weighted by molar-refractivity contribution is -0.138. The van der Waals surface area contributed by atoms with E-state index < -0.39 is 17.5 Å². The first-order chi connectivity index (χ1) is 6.45. The molecule has 1 rings (SSSR count). The number of phenols is 1. The molecular formula is C8H8F3NO2. The number of phenolic OH excluding ortho intramolecular Hbond substituents is 1. The molecule has 0 aromatic heterocycles. The Labute approximate surface area is 77.8 Å². The zero-order valence-corrected chi connectivity index (χ0v) is 6.97. The van der Waals surface area contributed by atoms with Crippen LogP contribution in [0.2, 0.25) is 0 Å². The standard InChI is InChI=1S/C8H8F3NO2/c9-8(10,11)7-3-6(13)2-1-5(7)4-12-14/h1-3,12-14H,4H2. The Hall–Kier alpha value is -1.27. The number of hydrogen-bond acceptors (Lipinski definition) is 3. The number of alkyl halides is 3. The molecule has 0 amide bonds. The van der Waals surface area contributed by atoms with Gasteiger partial charge in [0.15, 0.2) is 0 Å². The Kier molecular flexibility index (Phi) is 2.97. The molecule has 0 atom stereocenters. The van der Waals surface area contributed by atoms with Gasteiger partial charge in [0.05, 0.1) is 5.56 Å². The molecule has 3 N–H and O–H groups in total. The molecule has 0 aliphatic rings. The average Bonchev–Trinajstić information content (AvgIpc) is 2.07. The summed E-state index contributed by atoms with van der Waals surface area (Å²) in [6, 6.07) is 2.84. The van der Waals surface area contributed by atoms with Gasteiger partial charge in [-0.05, 0) is 17.7 Å². The van der Waals surface area contributed by atoms with Crippen molar-refractivity contribution in [3.63, 3.8) is 0 Å². The van der Waals surface area contributed by atoms with Crippen molar-refractivity contribution in [1.82, 2.24) is 5.48 Å². The van der Waals surface area contributed by atoms with E-state index in [-0.39, 0.29) is 12.1 Å². The van der Waals surface area contributed by atoms with E-state index in [4.69, 9.17) is 10.3 Å². The summed E-state index contributed by atoms with van der Waals surface area (Å²) in [5.74, 6) is -0.459. The van der Waals surface area contributed by atoms with Gasteiger partial charge in [0.1, 0.15) is 5.75 Å². The predicted octanol–water partition coefficient (Wildman–Crippen LogP) is 1.89. The smallest absolute Gasteiger partial charge is 0.416 e. The second kappa shape index (κ2) is 3.85. The highest BCUT2D eigenvalue weighted by atomic mass is 19.4. The SMILES string of the molecule is ONCc1ccc(O)cc1C(F)(F)F. The molecule has 0 saturated heterocycles. The van der Waals surface area contributed by atoms with Gasteiger partial charge in [-0.25, -0.2) is 5.48 Å². The Morgan fingerprint density at radius 3 is 2.43 bits per heavy atom. The third-order valence-electron chi connectivity index (χ3n) is 1.67. The van der Waals surface area contributed by atoms with Crippen LogP contribution in [0.25, 0.3) is 0 Å². The van der Waals surface area contributed by atoms with E-state index in [2.05, 4.69) is 0 Å². The molecule has 0 aliphatic heterocycles. The first-order valence-corrected chi connectivity index (χ1v) is 3.71. The molecule has 6 heteroatoms. The molecule has 0 aliphatic carbocycles. The molecule has 1 aromatic carbocycles. The Morgan fingerprint density at radius 1 is 1.29 bits per heavy atom. The lowest BCUT2D eigenvalue weighted by Gasteiger charge is -2.12. The van der Waals surface area contributed by atoms with Crippen LogP contribution in [0.5, 0.6) is 5.75 Å². The van der Waals surface area contributed by atoms with Crippen molar-refractivity contribution in [2.24, 2.45) is 0 Å². The van der Waals surface area contributed by atoms with Crippen LogP contribution >= 0.6 is 0 Å². The number of rotatable bonds is 2. The Balaban J connectivity index is 3.16.